The van der Waals surface area contributed by atoms with Gasteiger partial charge >= 0.3 is 6.18 Å². The molecule has 0 aliphatic rings. The lowest BCUT2D eigenvalue weighted by molar-refractivity contribution is -0.138. The number of aryl methyl sites for hydroxylation is 1. The number of unbranched alkanes of at least 4 members (excludes halogenated alkanes) is 1. The van der Waals surface area contributed by atoms with Crippen LogP contribution in [0.1, 0.15) is 35.9 Å². The van der Waals surface area contributed by atoms with E-state index < -0.39 is 17.3 Å². The molecule has 3 N–H and O–H groups in total. The Labute approximate surface area is 186 Å². The van der Waals surface area contributed by atoms with Crippen LogP contribution in [-0.4, -0.2) is 28.5 Å². The van der Waals surface area contributed by atoms with Crippen LogP contribution in [0, 0.1) is 5.82 Å². The number of nitrogens with zero attached hydrogens (tertiary/aromatic N) is 2. The first-order valence-corrected chi connectivity index (χ1v) is 10.7. The first kappa shape index (κ1) is 24.1. The third-order valence-electron chi connectivity index (χ3n) is 4.83. The molecule has 2 aromatic carbocycles. The molecule has 5 nitrogen and oxygen atoms in total. The van der Waals surface area contributed by atoms with Crippen molar-refractivity contribution in [2.45, 2.75) is 37.9 Å². The number of benzene rings is 2. The summed E-state index contributed by atoms with van der Waals surface area (Å²) in [5.41, 5.74) is 4.66. The first-order chi connectivity index (χ1) is 15.1. The van der Waals surface area contributed by atoms with Gasteiger partial charge in [0.25, 0.3) is 0 Å². The molecule has 0 aliphatic carbocycles. The molecule has 0 saturated carbocycles. The Bertz CT molecular complexity index is 1050. The summed E-state index contributed by atoms with van der Waals surface area (Å²) in [5, 5.41) is 17.7. The van der Waals surface area contributed by atoms with Crippen LogP contribution < -0.4 is 10.5 Å². The topological polar surface area (TPSA) is 81.3 Å². The van der Waals surface area contributed by atoms with Gasteiger partial charge in [0.15, 0.2) is 0 Å². The Balaban J connectivity index is 1.69. The molecule has 1 heterocycles. The van der Waals surface area contributed by atoms with Crippen LogP contribution in [0.5, 0.6) is 5.75 Å². The average Bonchev–Trinajstić information content (AvgIpc) is 3.25. The maximum atomic E-state index is 13.6. The van der Waals surface area contributed by atoms with Crippen molar-refractivity contribution in [1.82, 2.24) is 10.2 Å². The van der Waals surface area contributed by atoms with Gasteiger partial charge in [-0.1, -0.05) is 29.5 Å². The Morgan fingerprint density at radius 3 is 2.53 bits per heavy atom. The number of aliphatic hydroxyl groups excluding tert-OH is 1. The number of alkyl halides is 3. The third-order valence-corrected chi connectivity index (χ3v) is 6.08. The van der Waals surface area contributed by atoms with E-state index in [1.807, 2.05) is 0 Å². The van der Waals surface area contributed by atoms with E-state index >= 15 is 0 Å². The summed E-state index contributed by atoms with van der Waals surface area (Å²) in [7, 11) is 0. The largest absolute Gasteiger partial charge is 0.493 e. The zero-order valence-corrected chi connectivity index (χ0v) is 18.1. The molecule has 10 heteroatoms. The molecule has 0 fully saturated rings. The van der Waals surface area contributed by atoms with Gasteiger partial charge < -0.3 is 15.6 Å². The predicted molar refractivity (Wildman–Crippen MR) is 114 cm³/mol. The summed E-state index contributed by atoms with van der Waals surface area (Å²) in [6.45, 7) is 1.25. The molecule has 1 aromatic heterocycles. The highest BCUT2D eigenvalue weighted by molar-refractivity contribution is 7.14. The molecule has 0 amide bonds. The molecule has 0 radical (unpaired) electrons. The van der Waals surface area contributed by atoms with E-state index in [1.54, 1.807) is 25.1 Å². The second-order valence-corrected chi connectivity index (χ2v) is 8.57. The minimum Gasteiger partial charge on any atom is -0.493 e. The fraction of sp³-hybridized carbons (Fsp3) is 0.364. The van der Waals surface area contributed by atoms with E-state index in [0.29, 0.717) is 29.8 Å². The monoisotopic (exact) mass is 469 g/mol. The minimum atomic E-state index is -4.63. The summed E-state index contributed by atoms with van der Waals surface area (Å²) in [6.07, 6.45) is -3.09. The van der Waals surface area contributed by atoms with E-state index in [2.05, 4.69) is 10.2 Å². The van der Waals surface area contributed by atoms with Crippen LogP contribution in [0.3, 0.4) is 0 Å². The van der Waals surface area contributed by atoms with E-state index in [9.17, 15) is 22.7 Å². The Hall–Kier alpha value is -2.56. The van der Waals surface area contributed by atoms with Crippen molar-refractivity contribution in [3.8, 4) is 16.3 Å². The number of halogens is 4. The van der Waals surface area contributed by atoms with Crippen LogP contribution >= 0.6 is 11.3 Å². The van der Waals surface area contributed by atoms with Gasteiger partial charge in [-0.3, -0.25) is 0 Å². The molecule has 0 aliphatic heterocycles. The van der Waals surface area contributed by atoms with Crippen LogP contribution in [0.25, 0.3) is 10.6 Å². The number of rotatable bonds is 9. The Kier molecular flexibility index (Phi) is 7.47. The standard InChI is InChI=1S/C22H23F4N3O2S/c1-21(27,13-30)20-29-28-19(32-20)15-9-10-18(16(12-15)22(24,25)26)31-11-5-4-7-14-6-2-3-8-17(14)23/h2-3,6,8-10,12,30H,4-5,7,11,13,27H2,1H3/t21-/m0/s1. The third kappa shape index (κ3) is 5.81. The van der Waals surface area contributed by atoms with Gasteiger partial charge in [0, 0.05) is 5.56 Å². The second kappa shape index (κ2) is 9.93. The maximum absolute atomic E-state index is 13.6. The number of hydrogen-bond donors (Lipinski definition) is 2. The van der Waals surface area contributed by atoms with Gasteiger partial charge in [0.05, 0.1) is 24.3 Å². The molecule has 1 atom stereocenters. The first-order valence-electron chi connectivity index (χ1n) is 9.93. The molecule has 0 bridgehead atoms. The van der Waals surface area contributed by atoms with Gasteiger partial charge in [0.2, 0.25) is 0 Å². The number of ether oxygens (including phenoxy) is 1. The lowest BCUT2D eigenvalue weighted by atomic mass is 10.1. The zero-order chi connectivity index (χ0) is 23.4. The quantitative estimate of drug-likeness (QED) is 0.343. The average molecular weight is 470 g/mol. The lowest BCUT2D eigenvalue weighted by Gasteiger charge is -2.17. The van der Waals surface area contributed by atoms with Crippen LogP contribution in [-0.2, 0) is 18.1 Å². The van der Waals surface area contributed by atoms with Crippen molar-refractivity contribution >= 4 is 11.3 Å². The van der Waals surface area contributed by atoms with E-state index in [-0.39, 0.29) is 35.4 Å². The molecule has 0 unspecified atom stereocenters. The highest BCUT2D eigenvalue weighted by Gasteiger charge is 2.35. The summed E-state index contributed by atoms with van der Waals surface area (Å²) in [4.78, 5) is 0. The van der Waals surface area contributed by atoms with Crippen LogP contribution in [0.15, 0.2) is 42.5 Å². The van der Waals surface area contributed by atoms with Crippen molar-refractivity contribution in [2.75, 3.05) is 13.2 Å². The molecule has 172 valence electrons. The van der Waals surface area contributed by atoms with Gasteiger partial charge in [-0.25, -0.2) is 4.39 Å². The second-order valence-electron chi connectivity index (χ2n) is 7.59. The van der Waals surface area contributed by atoms with E-state index in [1.165, 1.54) is 18.2 Å². The normalized spacial score (nSPS) is 13.7. The fourth-order valence-corrected chi connectivity index (χ4v) is 3.84. The van der Waals surface area contributed by atoms with Crippen molar-refractivity contribution < 1.29 is 27.4 Å². The van der Waals surface area contributed by atoms with Crippen molar-refractivity contribution in [2.24, 2.45) is 5.73 Å². The maximum Gasteiger partial charge on any atom is 0.419 e. The summed E-state index contributed by atoms with van der Waals surface area (Å²) in [5.74, 6) is -0.576. The Morgan fingerprint density at radius 1 is 1.09 bits per heavy atom. The van der Waals surface area contributed by atoms with Crippen LogP contribution in [0.2, 0.25) is 0 Å². The van der Waals surface area contributed by atoms with E-state index in [0.717, 1.165) is 17.4 Å². The van der Waals surface area contributed by atoms with Crippen molar-refractivity contribution in [1.29, 1.82) is 0 Å². The molecule has 0 spiro atoms. The predicted octanol–water partition coefficient (Wildman–Crippen LogP) is 4.93. The van der Waals surface area contributed by atoms with Crippen LogP contribution in [0.4, 0.5) is 17.6 Å². The number of aromatic nitrogens is 2. The molecule has 3 rings (SSSR count). The van der Waals surface area contributed by atoms with E-state index in [4.69, 9.17) is 10.5 Å². The number of aliphatic hydroxyl groups is 1. The van der Waals surface area contributed by atoms with Gasteiger partial charge in [-0.05, 0) is 56.0 Å². The molecular weight excluding hydrogens is 446 g/mol. The van der Waals surface area contributed by atoms with Gasteiger partial charge in [0.1, 0.15) is 21.6 Å². The van der Waals surface area contributed by atoms with Crippen molar-refractivity contribution in [3.05, 3.63) is 64.4 Å². The number of hydrogen-bond acceptors (Lipinski definition) is 6. The summed E-state index contributed by atoms with van der Waals surface area (Å²) < 4.78 is 59.9. The molecule has 32 heavy (non-hydrogen) atoms. The summed E-state index contributed by atoms with van der Waals surface area (Å²) >= 11 is 1.02. The fourth-order valence-electron chi connectivity index (χ4n) is 2.95. The van der Waals surface area contributed by atoms with Gasteiger partial charge in [-0.15, -0.1) is 10.2 Å². The lowest BCUT2D eigenvalue weighted by Crippen LogP contribution is -2.36. The SMILES string of the molecule is C[C@](N)(CO)c1nnc(-c2ccc(OCCCCc3ccccc3F)c(C(F)(F)F)c2)s1. The van der Waals surface area contributed by atoms with Crippen molar-refractivity contribution in [3.63, 3.8) is 0 Å². The van der Waals surface area contributed by atoms with Gasteiger partial charge in [-0.2, -0.15) is 13.2 Å². The molecule has 0 saturated heterocycles. The zero-order valence-electron chi connectivity index (χ0n) is 17.3. The Morgan fingerprint density at radius 2 is 1.84 bits per heavy atom. The number of nitrogens with two attached hydrogens (primary N) is 1. The highest BCUT2D eigenvalue weighted by Crippen LogP contribution is 2.39. The minimum absolute atomic E-state index is 0.0713. The molecule has 3 aromatic rings. The smallest absolute Gasteiger partial charge is 0.419 e. The molecular formula is C22H23F4N3O2S. The highest BCUT2D eigenvalue weighted by atomic mass is 32.1. The summed E-state index contributed by atoms with van der Waals surface area (Å²) in [6, 6.07) is 10.1.